The molecule has 26 heteroatoms. The van der Waals surface area contributed by atoms with Crippen LogP contribution >= 0.6 is 0 Å². The summed E-state index contributed by atoms with van der Waals surface area (Å²) in [5.74, 6) is -9.45. The molecule has 26 nitrogen and oxygen atoms in total. The lowest BCUT2D eigenvalue weighted by atomic mass is 9.74. The van der Waals surface area contributed by atoms with E-state index in [0.29, 0.717) is 43.4 Å². The third kappa shape index (κ3) is 17.5. The van der Waals surface area contributed by atoms with Gasteiger partial charge < -0.3 is 93.6 Å². The summed E-state index contributed by atoms with van der Waals surface area (Å²) in [7, 11) is 12.4. The summed E-state index contributed by atoms with van der Waals surface area (Å²) < 4.78 is 53.9. The number of carboxylic acids is 3. The van der Waals surface area contributed by atoms with Gasteiger partial charge in [-0.25, -0.2) is 14.4 Å². The van der Waals surface area contributed by atoms with Gasteiger partial charge in [-0.05, 0) is 119 Å². The summed E-state index contributed by atoms with van der Waals surface area (Å²) >= 11 is 0. The number of aliphatic hydroxyl groups excluding tert-OH is 4. The van der Waals surface area contributed by atoms with E-state index in [-0.39, 0.29) is 42.8 Å². The minimum absolute atomic E-state index is 0.0869. The Balaban J connectivity index is 0.00000145. The molecule has 0 bridgehead atoms. The standard InChI is InChI=1S/C56H92N4O16.C4H6O6/c1-18-42-56(10,68)48(64)33(4)44(61)31(2)28-54(8,69-16)49(76-53-46(63)41(57(11)12)26-32(3)72-53)34(5)47(35(6)52(67)74-42)75-43-29-55(9,70-17)50(36(7)73-43)71-25-24-59(15)23-19-20-37-21-22-40-38(27-37)45(62)39(51(65)66)30-60(40)58(13)14;5-1(3(7)8)2(6)4(9)10/h21-22,27,30-36,41-43,46-50,53,63-64,68H,18-20,23-26,28-29H2,1-17H3,(H,65,66);1-2,5-6H,(H,7,8)(H,9,10)/t31-,32+,33+,34+,35-,36+,41-,42-,43+,46+,47+,48-,49-,50+,53-,54-,55-,56-;/m1./s1. The lowest BCUT2D eigenvalue weighted by Crippen LogP contribution is -2.61. The molecule has 8 N–H and O–H groups in total. The number of aliphatic carboxylic acids is 2. The van der Waals surface area contributed by atoms with Crippen molar-refractivity contribution in [3.63, 3.8) is 0 Å². The quantitative estimate of drug-likeness (QED) is 0.0830. The van der Waals surface area contributed by atoms with Crippen LogP contribution in [0.25, 0.3) is 10.9 Å². The van der Waals surface area contributed by atoms with Crippen LogP contribution in [0.2, 0.25) is 0 Å². The number of esters is 1. The maximum Gasteiger partial charge on any atom is 0.341 e. The number of Topliss-reactive ketones (excluding diaryl/α,β-unsaturated/α-hetero) is 1. The number of cyclic esters (lactones) is 1. The summed E-state index contributed by atoms with van der Waals surface area (Å²) in [4.78, 5) is 77.5. The van der Waals surface area contributed by atoms with Gasteiger partial charge in [0.05, 0.1) is 59.8 Å². The topological polar surface area (TPSA) is 353 Å². The van der Waals surface area contributed by atoms with Crippen molar-refractivity contribution >= 4 is 40.6 Å². The number of likely N-dealkylation sites (N-methyl/N-ethyl adjacent to an activating group) is 2. The van der Waals surface area contributed by atoms with Crippen molar-refractivity contribution in [2.24, 2.45) is 23.7 Å². The Bertz CT molecular complexity index is 2640. The molecule has 5 rings (SSSR count). The maximum atomic E-state index is 14.6. The summed E-state index contributed by atoms with van der Waals surface area (Å²) in [5.41, 5.74) is -3.51. The highest BCUT2D eigenvalue weighted by Gasteiger charge is 2.54. The van der Waals surface area contributed by atoms with Gasteiger partial charge in [-0.15, -0.1) is 0 Å². The van der Waals surface area contributed by atoms with Crippen molar-refractivity contribution in [2.45, 2.75) is 204 Å². The van der Waals surface area contributed by atoms with Gasteiger partial charge in [0, 0.05) is 76.7 Å². The highest BCUT2D eigenvalue weighted by Crippen LogP contribution is 2.42. The van der Waals surface area contributed by atoms with E-state index in [2.05, 4.69) is 4.90 Å². The van der Waals surface area contributed by atoms with Crippen LogP contribution in [0.3, 0.4) is 0 Å². The normalized spacial score (nSPS) is 34.8. The second-order valence-corrected chi connectivity index (χ2v) is 24.7. The molecule has 2 unspecified atom stereocenters. The van der Waals surface area contributed by atoms with E-state index in [1.807, 2.05) is 72.8 Å². The van der Waals surface area contributed by atoms with Crippen LogP contribution in [0, 0.1) is 23.7 Å². The number of hydrogen-bond donors (Lipinski definition) is 8. The van der Waals surface area contributed by atoms with Gasteiger partial charge in [0.15, 0.2) is 24.8 Å². The predicted molar refractivity (Wildman–Crippen MR) is 313 cm³/mol. The summed E-state index contributed by atoms with van der Waals surface area (Å²) in [6.07, 6.45) is -10.2. The average Bonchev–Trinajstić information content (AvgIpc) is 1.13. The van der Waals surface area contributed by atoms with Crippen molar-refractivity contribution in [2.75, 3.05) is 74.2 Å². The van der Waals surface area contributed by atoms with Crippen LogP contribution in [-0.2, 0) is 63.5 Å². The first-order valence-electron chi connectivity index (χ1n) is 29.3. The number of nitrogens with zero attached hydrogens (tertiary/aromatic N) is 4. The lowest BCUT2D eigenvalue weighted by molar-refractivity contribution is -0.322. The highest BCUT2D eigenvalue weighted by molar-refractivity contribution is 5.93. The van der Waals surface area contributed by atoms with Crippen molar-refractivity contribution in [1.82, 2.24) is 14.5 Å². The van der Waals surface area contributed by atoms with Crippen LogP contribution in [0.15, 0.2) is 29.2 Å². The number of aromatic nitrogens is 1. The Morgan fingerprint density at radius 1 is 0.814 bits per heavy atom. The largest absolute Gasteiger partial charge is 0.479 e. The number of rotatable bonds is 21. The number of aromatic carboxylic acids is 1. The molecule has 3 saturated heterocycles. The van der Waals surface area contributed by atoms with Crippen LogP contribution < -0.4 is 10.4 Å². The fourth-order valence-corrected chi connectivity index (χ4v) is 12.2. The van der Waals surface area contributed by atoms with E-state index < -0.39 is 137 Å². The van der Waals surface area contributed by atoms with Crippen molar-refractivity contribution in [3.8, 4) is 0 Å². The zero-order valence-corrected chi connectivity index (χ0v) is 53.1. The van der Waals surface area contributed by atoms with Crippen molar-refractivity contribution in [1.29, 1.82) is 0 Å². The number of carbonyl (C=O) groups is 5. The SMILES string of the molecule is CC[C@H]1OC(=O)[C@H](C)[C@@H](O[C@H]2C[C@@](C)(OC)[C@@H](OCCN(C)CCCc3ccc4c(c3)c(=O)c(C(=O)O)cn4N(C)C)[C@H](C)O2)[C@H](C)[C@@H](O[C@H]2O[C@@H](C)C[C@@H](N(C)C)[C@@H]2O)[C@](C)(OC)C[C@@H](C)C(=O)[C@H](C)[C@@H](O)[C@]1(C)O.O=C(O)C(O)C(O)C(=O)O. The summed E-state index contributed by atoms with van der Waals surface area (Å²) in [6.45, 7) is 19.1. The molecule has 0 amide bonds. The molecule has 1 aromatic carbocycles. The van der Waals surface area contributed by atoms with Crippen LogP contribution in [0.1, 0.15) is 117 Å². The van der Waals surface area contributed by atoms with Gasteiger partial charge in [-0.1, -0.05) is 33.8 Å². The molecular formula is C60H98N4O22. The number of ketones is 1. The number of pyridine rings is 1. The van der Waals surface area contributed by atoms with Gasteiger partial charge in [0.2, 0.25) is 5.43 Å². The highest BCUT2D eigenvalue weighted by atomic mass is 16.7. The van der Waals surface area contributed by atoms with Crippen molar-refractivity contribution < 1.29 is 103 Å². The minimum atomic E-state index is -2.27. The number of methoxy groups -OCH3 is 2. The van der Waals surface area contributed by atoms with Gasteiger partial charge in [-0.2, -0.15) is 0 Å². The monoisotopic (exact) mass is 1230 g/mol. The fourth-order valence-electron chi connectivity index (χ4n) is 12.2. The zero-order valence-electron chi connectivity index (χ0n) is 53.1. The number of carbonyl (C=O) groups excluding carboxylic acids is 2. The van der Waals surface area contributed by atoms with Gasteiger partial charge in [0.25, 0.3) is 0 Å². The van der Waals surface area contributed by atoms with Crippen LogP contribution in [0.4, 0.5) is 0 Å². The Labute approximate surface area is 504 Å². The molecule has 3 fully saturated rings. The third-order valence-corrected chi connectivity index (χ3v) is 17.5. The fraction of sp³-hybridized carbons (Fsp3) is 0.767. The van der Waals surface area contributed by atoms with E-state index in [1.54, 1.807) is 64.7 Å². The van der Waals surface area contributed by atoms with E-state index in [0.717, 1.165) is 12.0 Å². The van der Waals surface area contributed by atoms with Gasteiger partial charge in [-0.3, -0.25) is 19.1 Å². The second-order valence-electron chi connectivity index (χ2n) is 24.7. The first-order chi connectivity index (χ1) is 39.9. The molecular weight excluding hydrogens is 1130 g/mol. The molecule has 2 aromatic rings. The molecule has 86 heavy (non-hydrogen) atoms. The molecule has 4 heterocycles. The smallest absolute Gasteiger partial charge is 0.341 e. The summed E-state index contributed by atoms with van der Waals surface area (Å²) in [6, 6.07) is 5.27. The van der Waals surface area contributed by atoms with Crippen LogP contribution in [-0.4, -0.2) is 251 Å². The Morgan fingerprint density at radius 3 is 1.94 bits per heavy atom. The van der Waals surface area contributed by atoms with E-state index in [9.17, 15) is 49.2 Å². The average molecular weight is 1230 g/mol. The molecule has 1 aromatic heterocycles. The van der Waals surface area contributed by atoms with Crippen molar-refractivity contribution in [3.05, 3.63) is 45.7 Å². The first-order valence-corrected chi connectivity index (χ1v) is 29.3. The third-order valence-electron chi connectivity index (χ3n) is 17.5. The Kier molecular flexibility index (Phi) is 26.7. The second kappa shape index (κ2) is 31.1. The molecule has 0 radical (unpaired) electrons. The van der Waals surface area contributed by atoms with E-state index in [1.165, 1.54) is 20.2 Å². The number of hydrogen-bond acceptors (Lipinski definition) is 22. The number of fused-ring (bicyclic) bond motifs is 1. The molecule has 0 aliphatic carbocycles. The van der Waals surface area contributed by atoms with Gasteiger partial charge >= 0.3 is 23.9 Å². The van der Waals surface area contributed by atoms with E-state index >= 15 is 0 Å². The first kappa shape index (κ1) is 73.7. The maximum absolute atomic E-state index is 14.6. The molecule has 3 aliphatic heterocycles. The number of carboxylic acid groups (broad SMARTS) is 3. The lowest BCUT2D eigenvalue weighted by Gasteiger charge is -2.50. The van der Waals surface area contributed by atoms with Crippen LogP contribution in [0.5, 0.6) is 0 Å². The number of benzene rings is 1. The predicted octanol–water partition coefficient (Wildman–Crippen LogP) is 2.12. The molecule has 0 saturated carbocycles. The molecule has 3 aliphatic rings. The number of aliphatic hydroxyl groups is 5. The van der Waals surface area contributed by atoms with E-state index in [4.69, 9.17) is 58.3 Å². The Hall–Kier alpha value is -4.78. The molecule has 490 valence electrons. The Morgan fingerprint density at radius 2 is 1.41 bits per heavy atom. The zero-order chi connectivity index (χ0) is 65.2. The number of ether oxygens (including phenoxy) is 8. The van der Waals surface area contributed by atoms with Gasteiger partial charge in [0.1, 0.15) is 35.3 Å². The number of aryl methyl sites for hydroxylation is 1. The molecule has 20 atom stereocenters. The molecule has 0 spiro atoms. The summed E-state index contributed by atoms with van der Waals surface area (Å²) in [5, 5.41) is 79.6. The minimum Gasteiger partial charge on any atom is -0.479 e.